The second kappa shape index (κ2) is 7.27. The number of hydrogen-bond acceptors (Lipinski definition) is 1. The summed E-state index contributed by atoms with van der Waals surface area (Å²) >= 11 is 11.1. The SMILES string of the molecule is Cc1cccc(NC(=S)NCCc2ccc(Cl)cc2)c1. The molecule has 2 rings (SSSR count). The van der Waals surface area contributed by atoms with Crippen LogP contribution < -0.4 is 10.6 Å². The molecule has 0 radical (unpaired) electrons. The number of benzene rings is 2. The lowest BCUT2D eigenvalue weighted by Gasteiger charge is -2.11. The van der Waals surface area contributed by atoms with Gasteiger partial charge in [0.15, 0.2) is 5.11 Å². The van der Waals surface area contributed by atoms with Crippen LogP contribution in [0.5, 0.6) is 0 Å². The van der Waals surface area contributed by atoms with E-state index in [0.29, 0.717) is 5.11 Å². The van der Waals surface area contributed by atoms with Crippen LogP contribution in [-0.4, -0.2) is 11.7 Å². The van der Waals surface area contributed by atoms with Crippen molar-refractivity contribution in [2.75, 3.05) is 11.9 Å². The molecule has 104 valence electrons. The largest absolute Gasteiger partial charge is 0.362 e. The van der Waals surface area contributed by atoms with Gasteiger partial charge in [-0.3, -0.25) is 0 Å². The second-order valence-electron chi connectivity index (χ2n) is 4.63. The minimum Gasteiger partial charge on any atom is -0.362 e. The van der Waals surface area contributed by atoms with Crippen LogP contribution in [0, 0.1) is 6.92 Å². The third-order valence-corrected chi connectivity index (χ3v) is 3.39. The van der Waals surface area contributed by atoms with Gasteiger partial charge in [0.2, 0.25) is 0 Å². The Hall–Kier alpha value is -1.58. The number of thiocarbonyl (C=S) groups is 1. The summed E-state index contributed by atoms with van der Waals surface area (Å²) in [5, 5.41) is 7.78. The molecule has 0 atom stereocenters. The standard InChI is InChI=1S/C16H17ClN2S/c1-12-3-2-4-15(11-12)19-16(20)18-10-9-13-5-7-14(17)8-6-13/h2-8,11H,9-10H2,1H3,(H2,18,19,20). The van der Waals surface area contributed by atoms with Crippen molar-refractivity contribution in [1.29, 1.82) is 0 Å². The summed E-state index contributed by atoms with van der Waals surface area (Å²) in [6.07, 6.45) is 0.910. The van der Waals surface area contributed by atoms with Gasteiger partial charge in [-0.2, -0.15) is 0 Å². The molecule has 2 aromatic carbocycles. The average Bonchev–Trinajstić information content (AvgIpc) is 2.41. The monoisotopic (exact) mass is 304 g/mol. The summed E-state index contributed by atoms with van der Waals surface area (Å²) in [6.45, 7) is 2.85. The zero-order valence-corrected chi connectivity index (χ0v) is 12.9. The molecule has 0 saturated carbocycles. The number of aryl methyl sites for hydroxylation is 1. The zero-order chi connectivity index (χ0) is 14.4. The first kappa shape index (κ1) is 14.8. The molecule has 20 heavy (non-hydrogen) atoms. The lowest BCUT2D eigenvalue weighted by molar-refractivity contribution is 0.873. The van der Waals surface area contributed by atoms with Crippen LogP contribution in [0.3, 0.4) is 0 Å². The molecule has 0 aliphatic carbocycles. The van der Waals surface area contributed by atoms with Crippen molar-refractivity contribution in [3.63, 3.8) is 0 Å². The van der Waals surface area contributed by atoms with Crippen molar-refractivity contribution < 1.29 is 0 Å². The first-order valence-electron chi connectivity index (χ1n) is 6.49. The van der Waals surface area contributed by atoms with Crippen molar-refractivity contribution in [3.8, 4) is 0 Å². The van der Waals surface area contributed by atoms with Gasteiger partial charge >= 0.3 is 0 Å². The molecule has 0 unspecified atom stereocenters. The van der Waals surface area contributed by atoms with E-state index in [1.807, 2.05) is 36.4 Å². The van der Waals surface area contributed by atoms with Gasteiger partial charge in [-0.05, 0) is 61.0 Å². The number of halogens is 1. The Morgan fingerprint density at radius 1 is 1.15 bits per heavy atom. The van der Waals surface area contributed by atoms with Gasteiger partial charge < -0.3 is 10.6 Å². The molecule has 0 aliphatic rings. The van der Waals surface area contributed by atoms with Crippen molar-refractivity contribution in [2.24, 2.45) is 0 Å². The molecule has 2 nitrogen and oxygen atoms in total. The second-order valence-corrected chi connectivity index (χ2v) is 5.47. The highest BCUT2D eigenvalue weighted by atomic mass is 35.5. The predicted octanol–water partition coefficient (Wildman–Crippen LogP) is 4.18. The third kappa shape index (κ3) is 4.83. The molecule has 0 saturated heterocycles. The maximum atomic E-state index is 5.85. The lowest BCUT2D eigenvalue weighted by atomic mass is 10.1. The van der Waals surface area contributed by atoms with Crippen LogP contribution in [0.25, 0.3) is 0 Å². The highest BCUT2D eigenvalue weighted by molar-refractivity contribution is 7.80. The molecule has 4 heteroatoms. The van der Waals surface area contributed by atoms with E-state index in [0.717, 1.165) is 23.7 Å². The number of hydrogen-bond donors (Lipinski definition) is 2. The van der Waals surface area contributed by atoms with Crippen molar-refractivity contribution in [2.45, 2.75) is 13.3 Å². The lowest BCUT2D eigenvalue weighted by Crippen LogP contribution is -2.30. The maximum Gasteiger partial charge on any atom is 0.170 e. The Morgan fingerprint density at radius 3 is 2.60 bits per heavy atom. The Morgan fingerprint density at radius 2 is 1.90 bits per heavy atom. The Kier molecular flexibility index (Phi) is 5.39. The van der Waals surface area contributed by atoms with Crippen LogP contribution in [0.15, 0.2) is 48.5 Å². The highest BCUT2D eigenvalue weighted by Gasteiger charge is 1.98. The van der Waals surface area contributed by atoms with E-state index < -0.39 is 0 Å². The summed E-state index contributed by atoms with van der Waals surface area (Å²) in [4.78, 5) is 0. The summed E-state index contributed by atoms with van der Waals surface area (Å²) in [7, 11) is 0. The summed E-state index contributed by atoms with van der Waals surface area (Å²) < 4.78 is 0. The minimum atomic E-state index is 0.643. The zero-order valence-electron chi connectivity index (χ0n) is 11.3. The fourth-order valence-corrected chi connectivity index (χ4v) is 2.22. The van der Waals surface area contributed by atoms with Crippen LogP contribution in [-0.2, 0) is 6.42 Å². The molecule has 0 spiro atoms. The smallest absolute Gasteiger partial charge is 0.170 e. The van der Waals surface area contributed by atoms with E-state index in [4.69, 9.17) is 23.8 Å². The average molecular weight is 305 g/mol. The molecule has 0 aliphatic heterocycles. The first-order valence-corrected chi connectivity index (χ1v) is 7.28. The van der Waals surface area contributed by atoms with Gasteiger partial charge in [0.25, 0.3) is 0 Å². The molecule has 0 heterocycles. The van der Waals surface area contributed by atoms with Crippen LogP contribution in [0.4, 0.5) is 5.69 Å². The summed E-state index contributed by atoms with van der Waals surface area (Å²) in [6, 6.07) is 16.0. The van der Waals surface area contributed by atoms with Crippen molar-refractivity contribution >= 4 is 34.6 Å². The number of nitrogens with one attached hydrogen (secondary N) is 2. The van der Waals surface area contributed by atoms with Crippen LogP contribution in [0.2, 0.25) is 5.02 Å². The Labute approximate surface area is 130 Å². The molecule has 0 fully saturated rings. The molecule has 2 aromatic rings. The van der Waals surface area contributed by atoms with Gasteiger partial charge in [0, 0.05) is 17.3 Å². The minimum absolute atomic E-state index is 0.643. The van der Waals surface area contributed by atoms with E-state index in [1.165, 1.54) is 11.1 Å². The van der Waals surface area contributed by atoms with Gasteiger partial charge in [0.1, 0.15) is 0 Å². The van der Waals surface area contributed by atoms with E-state index in [1.54, 1.807) is 0 Å². The molecule has 0 bridgehead atoms. The van der Waals surface area contributed by atoms with E-state index in [9.17, 15) is 0 Å². The maximum absolute atomic E-state index is 5.85. The van der Waals surface area contributed by atoms with Gasteiger partial charge in [-0.15, -0.1) is 0 Å². The molecule has 0 aromatic heterocycles. The first-order chi connectivity index (χ1) is 9.63. The van der Waals surface area contributed by atoms with Crippen LogP contribution >= 0.6 is 23.8 Å². The fourth-order valence-electron chi connectivity index (χ4n) is 1.87. The van der Waals surface area contributed by atoms with E-state index in [-0.39, 0.29) is 0 Å². The normalized spacial score (nSPS) is 10.1. The highest BCUT2D eigenvalue weighted by Crippen LogP contribution is 2.10. The topological polar surface area (TPSA) is 24.1 Å². The summed E-state index contributed by atoms with van der Waals surface area (Å²) in [5.41, 5.74) is 3.45. The van der Waals surface area contributed by atoms with Gasteiger partial charge in [-0.1, -0.05) is 35.9 Å². The molecule has 0 amide bonds. The Bertz CT molecular complexity index is 581. The predicted molar refractivity (Wildman–Crippen MR) is 90.6 cm³/mol. The number of rotatable bonds is 4. The van der Waals surface area contributed by atoms with Gasteiger partial charge in [0.05, 0.1) is 0 Å². The van der Waals surface area contributed by atoms with E-state index >= 15 is 0 Å². The van der Waals surface area contributed by atoms with Crippen molar-refractivity contribution in [3.05, 3.63) is 64.7 Å². The van der Waals surface area contributed by atoms with Gasteiger partial charge in [-0.25, -0.2) is 0 Å². The summed E-state index contributed by atoms with van der Waals surface area (Å²) in [5.74, 6) is 0. The van der Waals surface area contributed by atoms with Crippen molar-refractivity contribution in [1.82, 2.24) is 5.32 Å². The molecular formula is C16H17ClN2S. The number of anilines is 1. The van der Waals surface area contributed by atoms with Crippen LogP contribution in [0.1, 0.15) is 11.1 Å². The quantitative estimate of drug-likeness (QED) is 0.829. The fraction of sp³-hybridized carbons (Fsp3) is 0.188. The molecular weight excluding hydrogens is 288 g/mol. The third-order valence-electron chi connectivity index (χ3n) is 2.89. The Balaban J connectivity index is 1.76. The molecule has 2 N–H and O–H groups in total. The van der Waals surface area contributed by atoms with E-state index in [2.05, 4.69) is 29.7 Å².